The van der Waals surface area contributed by atoms with Gasteiger partial charge in [-0.25, -0.2) is 0 Å². The van der Waals surface area contributed by atoms with Crippen LogP contribution in [0.2, 0.25) is 0 Å². The van der Waals surface area contributed by atoms with E-state index in [0.29, 0.717) is 12.3 Å². The summed E-state index contributed by atoms with van der Waals surface area (Å²) in [5.74, 6) is 1.47. The Morgan fingerprint density at radius 1 is 1.25 bits per heavy atom. The first kappa shape index (κ1) is 20.6. The summed E-state index contributed by atoms with van der Waals surface area (Å²) in [6.45, 7) is 11.2. The van der Waals surface area contributed by atoms with Crippen LogP contribution in [0, 0.1) is 19.8 Å². The Morgan fingerprint density at radius 3 is 2.61 bits per heavy atom. The van der Waals surface area contributed by atoms with Crippen LogP contribution in [0.15, 0.2) is 28.8 Å². The van der Waals surface area contributed by atoms with Gasteiger partial charge in [-0.1, -0.05) is 43.3 Å². The molecule has 0 bridgehead atoms. The minimum absolute atomic E-state index is 0.0549. The van der Waals surface area contributed by atoms with Gasteiger partial charge in [0.05, 0.1) is 12.1 Å². The van der Waals surface area contributed by atoms with E-state index in [2.05, 4.69) is 53.5 Å². The molecule has 152 valence electrons. The van der Waals surface area contributed by atoms with Crippen LogP contribution in [-0.4, -0.2) is 35.1 Å². The lowest BCUT2D eigenvalue weighted by molar-refractivity contribution is -0.121. The molecule has 0 radical (unpaired) electrons. The van der Waals surface area contributed by atoms with Gasteiger partial charge < -0.3 is 9.84 Å². The number of hydrogen-bond acceptors (Lipinski definition) is 4. The Bertz CT molecular complexity index is 760. The fourth-order valence-corrected chi connectivity index (χ4v) is 4.02. The molecule has 1 aliphatic rings. The average Bonchev–Trinajstić information content (AvgIpc) is 2.95. The largest absolute Gasteiger partial charge is 0.361 e. The molecule has 1 N–H and O–H groups in total. The predicted molar refractivity (Wildman–Crippen MR) is 111 cm³/mol. The first-order valence-electron chi connectivity index (χ1n) is 10.4. The minimum Gasteiger partial charge on any atom is -0.361 e. The van der Waals surface area contributed by atoms with Gasteiger partial charge >= 0.3 is 0 Å². The number of benzene rings is 1. The SMILES string of the molecule is Cc1noc(C)c1CC(=O)NC1CCCN(Cc2ccc(CC(C)C)cc2)C1. The van der Waals surface area contributed by atoms with Crippen LogP contribution < -0.4 is 5.32 Å². The Hall–Kier alpha value is -2.14. The lowest BCUT2D eigenvalue weighted by Crippen LogP contribution is -2.47. The summed E-state index contributed by atoms with van der Waals surface area (Å²) in [7, 11) is 0. The Balaban J connectivity index is 1.50. The number of carbonyl (C=O) groups is 1. The van der Waals surface area contributed by atoms with E-state index in [1.54, 1.807) is 0 Å². The maximum Gasteiger partial charge on any atom is 0.224 e. The summed E-state index contributed by atoms with van der Waals surface area (Å²) in [5, 5.41) is 7.14. The minimum atomic E-state index is 0.0549. The van der Waals surface area contributed by atoms with Crippen LogP contribution in [0.25, 0.3) is 0 Å². The second-order valence-electron chi connectivity index (χ2n) is 8.54. The summed E-state index contributed by atoms with van der Waals surface area (Å²) in [4.78, 5) is 14.9. The molecule has 1 atom stereocenters. The van der Waals surface area contributed by atoms with Crippen LogP contribution in [0.3, 0.4) is 0 Å². The standard InChI is InChI=1S/C23H33N3O2/c1-16(2)12-19-7-9-20(10-8-19)14-26-11-5-6-21(15-26)24-23(27)13-22-17(3)25-28-18(22)4/h7-10,16,21H,5-6,11-15H2,1-4H3,(H,24,27). The molecule has 1 aromatic heterocycles. The predicted octanol–water partition coefficient (Wildman–Crippen LogP) is 3.81. The highest BCUT2D eigenvalue weighted by atomic mass is 16.5. The first-order chi connectivity index (χ1) is 13.4. The number of aromatic nitrogens is 1. The lowest BCUT2D eigenvalue weighted by Gasteiger charge is -2.33. The van der Waals surface area contributed by atoms with Crippen LogP contribution in [-0.2, 0) is 24.2 Å². The van der Waals surface area contributed by atoms with E-state index in [1.165, 1.54) is 11.1 Å². The van der Waals surface area contributed by atoms with Crippen molar-refractivity contribution >= 4 is 5.91 Å². The number of nitrogens with one attached hydrogen (secondary N) is 1. The Kier molecular flexibility index (Phi) is 6.89. The number of likely N-dealkylation sites (tertiary alicyclic amines) is 1. The third kappa shape index (κ3) is 5.68. The first-order valence-corrected chi connectivity index (χ1v) is 10.4. The molecule has 5 heteroatoms. The van der Waals surface area contributed by atoms with E-state index in [1.807, 2.05) is 13.8 Å². The molecule has 3 rings (SSSR count). The van der Waals surface area contributed by atoms with E-state index < -0.39 is 0 Å². The molecule has 28 heavy (non-hydrogen) atoms. The van der Waals surface area contributed by atoms with Crippen molar-refractivity contribution in [3.63, 3.8) is 0 Å². The fourth-order valence-electron chi connectivity index (χ4n) is 4.02. The molecule has 0 saturated carbocycles. The van der Waals surface area contributed by atoms with Crippen molar-refractivity contribution in [2.45, 2.75) is 66.0 Å². The molecule has 5 nitrogen and oxygen atoms in total. The highest BCUT2D eigenvalue weighted by Gasteiger charge is 2.22. The summed E-state index contributed by atoms with van der Waals surface area (Å²) in [6.07, 6.45) is 3.62. The monoisotopic (exact) mass is 383 g/mol. The van der Waals surface area contributed by atoms with E-state index >= 15 is 0 Å². The van der Waals surface area contributed by atoms with Gasteiger partial charge in [0, 0.05) is 24.7 Å². The zero-order valence-corrected chi connectivity index (χ0v) is 17.6. The van der Waals surface area contributed by atoms with Crippen LogP contribution >= 0.6 is 0 Å². The molecule has 0 spiro atoms. The normalized spacial score (nSPS) is 17.8. The number of amides is 1. The highest BCUT2D eigenvalue weighted by molar-refractivity contribution is 5.79. The Labute approximate surface area is 168 Å². The number of carbonyl (C=O) groups excluding carboxylic acids is 1. The van der Waals surface area contributed by atoms with Crippen LogP contribution in [0.1, 0.15) is 54.8 Å². The van der Waals surface area contributed by atoms with Crippen LogP contribution in [0.4, 0.5) is 0 Å². The molecule has 0 aliphatic carbocycles. The average molecular weight is 384 g/mol. The van der Waals surface area contributed by atoms with Crippen molar-refractivity contribution in [1.29, 1.82) is 0 Å². The Morgan fingerprint density at radius 2 is 1.96 bits per heavy atom. The zero-order chi connectivity index (χ0) is 20.1. The number of hydrogen-bond donors (Lipinski definition) is 1. The maximum absolute atomic E-state index is 12.5. The molecular formula is C23H33N3O2. The quantitative estimate of drug-likeness (QED) is 0.790. The number of piperidine rings is 1. The van der Waals surface area contributed by atoms with Gasteiger partial charge in [0.25, 0.3) is 0 Å². The van der Waals surface area contributed by atoms with Gasteiger partial charge in [-0.3, -0.25) is 9.69 Å². The summed E-state index contributed by atoms with van der Waals surface area (Å²) in [6, 6.07) is 9.21. The van der Waals surface area contributed by atoms with E-state index in [0.717, 1.165) is 55.9 Å². The fraction of sp³-hybridized carbons (Fsp3) is 0.565. The molecular weight excluding hydrogens is 350 g/mol. The summed E-state index contributed by atoms with van der Waals surface area (Å²) >= 11 is 0. The molecule has 1 fully saturated rings. The van der Waals surface area contributed by atoms with Gasteiger partial charge in [-0.2, -0.15) is 0 Å². The number of rotatable bonds is 7. The molecule has 1 aliphatic heterocycles. The molecule has 1 saturated heterocycles. The van der Waals surface area contributed by atoms with Crippen molar-refractivity contribution < 1.29 is 9.32 Å². The van der Waals surface area contributed by atoms with Gasteiger partial charge in [-0.15, -0.1) is 0 Å². The van der Waals surface area contributed by atoms with E-state index in [-0.39, 0.29) is 11.9 Å². The molecule has 2 heterocycles. The van der Waals surface area contributed by atoms with Crippen molar-refractivity contribution in [1.82, 2.24) is 15.4 Å². The highest BCUT2D eigenvalue weighted by Crippen LogP contribution is 2.17. The second kappa shape index (κ2) is 9.37. The molecule has 1 unspecified atom stereocenters. The second-order valence-corrected chi connectivity index (χ2v) is 8.54. The summed E-state index contributed by atoms with van der Waals surface area (Å²) < 4.78 is 5.16. The van der Waals surface area contributed by atoms with Crippen molar-refractivity contribution in [3.05, 3.63) is 52.4 Å². The van der Waals surface area contributed by atoms with Gasteiger partial charge in [0.1, 0.15) is 5.76 Å². The molecule has 1 amide bonds. The molecule has 1 aromatic carbocycles. The van der Waals surface area contributed by atoms with E-state index in [9.17, 15) is 4.79 Å². The smallest absolute Gasteiger partial charge is 0.224 e. The zero-order valence-electron chi connectivity index (χ0n) is 17.6. The van der Waals surface area contributed by atoms with Crippen LogP contribution in [0.5, 0.6) is 0 Å². The summed E-state index contributed by atoms with van der Waals surface area (Å²) in [5.41, 5.74) is 4.46. The van der Waals surface area contributed by atoms with Gasteiger partial charge in [0.2, 0.25) is 5.91 Å². The number of nitrogens with zero attached hydrogens (tertiary/aromatic N) is 2. The van der Waals surface area contributed by atoms with E-state index in [4.69, 9.17) is 4.52 Å². The third-order valence-corrected chi connectivity index (χ3v) is 5.46. The van der Waals surface area contributed by atoms with Crippen molar-refractivity contribution in [2.24, 2.45) is 5.92 Å². The van der Waals surface area contributed by atoms with Crippen molar-refractivity contribution in [3.8, 4) is 0 Å². The lowest BCUT2D eigenvalue weighted by atomic mass is 10.0. The third-order valence-electron chi connectivity index (χ3n) is 5.46. The maximum atomic E-state index is 12.5. The number of aryl methyl sites for hydroxylation is 2. The van der Waals surface area contributed by atoms with Gasteiger partial charge in [0.15, 0.2) is 0 Å². The topological polar surface area (TPSA) is 58.4 Å². The van der Waals surface area contributed by atoms with Gasteiger partial charge in [-0.05, 0) is 56.7 Å². The van der Waals surface area contributed by atoms with Crippen molar-refractivity contribution in [2.75, 3.05) is 13.1 Å². The molecule has 2 aromatic rings.